The quantitative estimate of drug-likeness (QED) is 0.767. The van der Waals surface area contributed by atoms with Gasteiger partial charge in [-0.05, 0) is 37.6 Å². The Morgan fingerprint density at radius 3 is 2.75 bits per heavy atom. The number of nitrogens with one attached hydrogen (secondary N) is 3. The van der Waals surface area contributed by atoms with Crippen molar-refractivity contribution < 1.29 is 26.0 Å². The summed E-state index contributed by atoms with van der Waals surface area (Å²) in [4.78, 5) is 0. The maximum absolute atomic E-state index is 12.6. The Kier molecular flexibility index (Phi) is 4.40. The average Bonchev–Trinajstić information content (AvgIpc) is 3.17. The number of sulfonamides is 1. The average molecular weight is 364 g/mol. The molecule has 1 atom stereocenters. The lowest BCUT2D eigenvalue weighted by Gasteiger charge is -2.22. The largest absolute Gasteiger partial charge is 0.442 e. The lowest BCUT2D eigenvalue weighted by molar-refractivity contribution is -0.141. The highest BCUT2D eigenvalue weighted by Crippen LogP contribution is 2.31. The SMILES string of the molecule is O=S(=O)(N[C@@H]1CCCNC1)c1ccc(-c2cc(C(F)(F)F)[nH]n2)o1. The van der Waals surface area contributed by atoms with Gasteiger partial charge in [-0.15, -0.1) is 0 Å². The molecule has 0 saturated carbocycles. The lowest BCUT2D eigenvalue weighted by atomic mass is 10.1. The summed E-state index contributed by atoms with van der Waals surface area (Å²) in [5.41, 5.74) is -1.16. The first kappa shape index (κ1) is 17.0. The summed E-state index contributed by atoms with van der Waals surface area (Å²) in [5.74, 6) is -0.0658. The van der Waals surface area contributed by atoms with Gasteiger partial charge in [-0.25, -0.2) is 13.1 Å². The van der Waals surface area contributed by atoms with E-state index < -0.39 is 21.9 Å². The minimum atomic E-state index is -4.57. The summed E-state index contributed by atoms with van der Waals surface area (Å²) >= 11 is 0. The smallest absolute Gasteiger partial charge is 0.432 e. The molecule has 2 aromatic rings. The highest BCUT2D eigenvalue weighted by atomic mass is 32.2. The van der Waals surface area contributed by atoms with Gasteiger partial charge >= 0.3 is 6.18 Å². The minimum Gasteiger partial charge on any atom is -0.442 e. The Morgan fingerprint density at radius 2 is 2.12 bits per heavy atom. The van der Waals surface area contributed by atoms with Crippen molar-refractivity contribution in [3.8, 4) is 11.5 Å². The molecular weight excluding hydrogens is 349 g/mol. The molecule has 0 bridgehead atoms. The summed E-state index contributed by atoms with van der Waals surface area (Å²) in [6, 6.07) is 2.97. The Hall–Kier alpha value is -1.85. The molecule has 24 heavy (non-hydrogen) atoms. The maximum atomic E-state index is 12.6. The third kappa shape index (κ3) is 3.62. The maximum Gasteiger partial charge on any atom is 0.432 e. The van der Waals surface area contributed by atoms with Crippen molar-refractivity contribution in [1.82, 2.24) is 20.2 Å². The molecule has 1 aliphatic heterocycles. The monoisotopic (exact) mass is 364 g/mol. The Balaban J connectivity index is 1.78. The predicted molar refractivity (Wildman–Crippen MR) is 77.5 cm³/mol. The fourth-order valence-corrected chi connectivity index (χ4v) is 3.63. The number of hydrogen-bond acceptors (Lipinski definition) is 5. The van der Waals surface area contributed by atoms with Crippen molar-refractivity contribution >= 4 is 10.0 Å². The Labute approximate surface area is 135 Å². The summed E-state index contributed by atoms with van der Waals surface area (Å²) in [6.07, 6.45) is -3.01. The molecule has 11 heteroatoms. The Bertz CT molecular complexity index is 807. The van der Waals surface area contributed by atoms with E-state index >= 15 is 0 Å². The van der Waals surface area contributed by atoms with Crippen LogP contribution in [0.3, 0.4) is 0 Å². The molecule has 1 saturated heterocycles. The topological polar surface area (TPSA) is 100 Å². The number of rotatable bonds is 4. The van der Waals surface area contributed by atoms with Crippen LogP contribution in [0, 0.1) is 0 Å². The van der Waals surface area contributed by atoms with E-state index in [9.17, 15) is 21.6 Å². The van der Waals surface area contributed by atoms with Crippen LogP contribution in [-0.4, -0.2) is 37.7 Å². The van der Waals surface area contributed by atoms with Crippen molar-refractivity contribution in [3.05, 3.63) is 23.9 Å². The molecule has 1 aliphatic rings. The zero-order chi connectivity index (χ0) is 17.4. The van der Waals surface area contributed by atoms with Crippen LogP contribution in [0.4, 0.5) is 13.2 Å². The van der Waals surface area contributed by atoms with Crippen LogP contribution in [0.1, 0.15) is 18.5 Å². The van der Waals surface area contributed by atoms with E-state index in [1.54, 1.807) is 0 Å². The van der Waals surface area contributed by atoms with E-state index in [2.05, 4.69) is 15.1 Å². The van der Waals surface area contributed by atoms with Crippen molar-refractivity contribution in [1.29, 1.82) is 0 Å². The van der Waals surface area contributed by atoms with Crippen molar-refractivity contribution in [2.45, 2.75) is 30.2 Å². The summed E-state index contributed by atoms with van der Waals surface area (Å²) in [7, 11) is -3.89. The highest BCUT2D eigenvalue weighted by molar-refractivity contribution is 7.89. The number of piperidine rings is 1. The van der Waals surface area contributed by atoms with Gasteiger partial charge < -0.3 is 9.73 Å². The van der Waals surface area contributed by atoms with Gasteiger partial charge in [-0.3, -0.25) is 5.10 Å². The van der Waals surface area contributed by atoms with Gasteiger partial charge in [0.05, 0.1) is 0 Å². The predicted octanol–water partition coefficient (Wildman–Crippen LogP) is 1.72. The van der Waals surface area contributed by atoms with Gasteiger partial charge in [0.15, 0.2) is 5.76 Å². The summed E-state index contributed by atoms with van der Waals surface area (Å²) in [5, 5.41) is 8.07. The standard InChI is InChI=1S/C13H15F3N4O3S/c14-13(15,16)11-6-9(18-19-11)10-3-4-12(23-10)24(21,22)20-8-2-1-5-17-7-8/h3-4,6,8,17,20H,1-2,5,7H2,(H,18,19)/t8-/m1/s1. The fourth-order valence-electron chi connectivity index (χ4n) is 2.43. The minimum absolute atomic E-state index is 0.0658. The first-order chi connectivity index (χ1) is 11.3. The molecule has 2 aromatic heterocycles. The lowest BCUT2D eigenvalue weighted by Crippen LogP contribution is -2.45. The van der Waals surface area contributed by atoms with Crippen LogP contribution in [-0.2, 0) is 16.2 Å². The van der Waals surface area contributed by atoms with E-state index in [4.69, 9.17) is 4.42 Å². The molecule has 3 N–H and O–H groups in total. The van der Waals surface area contributed by atoms with Gasteiger partial charge in [-0.2, -0.15) is 18.3 Å². The molecular formula is C13H15F3N4O3S. The van der Waals surface area contributed by atoms with Crippen LogP contribution in [0.5, 0.6) is 0 Å². The summed E-state index contributed by atoms with van der Waals surface area (Å²) in [6.45, 7) is 1.35. The van der Waals surface area contributed by atoms with Crippen LogP contribution in [0.25, 0.3) is 11.5 Å². The van der Waals surface area contributed by atoms with Crippen molar-refractivity contribution in [2.75, 3.05) is 13.1 Å². The second-order valence-electron chi connectivity index (χ2n) is 5.45. The van der Waals surface area contributed by atoms with Crippen LogP contribution < -0.4 is 10.0 Å². The number of alkyl halides is 3. The van der Waals surface area contributed by atoms with E-state index in [1.807, 2.05) is 5.10 Å². The molecule has 132 valence electrons. The first-order valence-electron chi connectivity index (χ1n) is 7.21. The van der Waals surface area contributed by atoms with Crippen molar-refractivity contribution in [3.63, 3.8) is 0 Å². The molecule has 0 aromatic carbocycles. The van der Waals surface area contributed by atoms with E-state index in [-0.39, 0.29) is 22.6 Å². The van der Waals surface area contributed by atoms with Gasteiger partial charge in [0.2, 0.25) is 5.09 Å². The fraction of sp³-hybridized carbons (Fsp3) is 0.462. The summed E-state index contributed by atoms with van der Waals surface area (Å²) < 4.78 is 69.9. The first-order valence-corrected chi connectivity index (χ1v) is 8.70. The number of furan rings is 1. The molecule has 0 unspecified atom stereocenters. The Morgan fingerprint density at radius 1 is 1.33 bits per heavy atom. The zero-order valence-electron chi connectivity index (χ0n) is 12.4. The van der Waals surface area contributed by atoms with Gasteiger partial charge in [-0.1, -0.05) is 0 Å². The normalized spacial score (nSPS) is 19.5. The third-order valence-electron chi connectivity index (χ3n) is 3.60. The molecule has 1 fully saturated rings. The number of aromatic nitrogens is 2. The van der Waals surface area contributed by atoms with Crippen LogP contribution in [0.2, 0.25) is 0 Å². The number of nitrogens with zero attached hydrogens (tertiary/aromatic N) is 1. The van der Waals surface area contributed by atoms with Gasteiger partial charge in [0.25, 0.3) is 10.0 Å². The van der Waals surface area contributed by atoms with Gasteiger partial charge in [0.1, 0.15) is 11.4 Å². The second kappa shape index (κ2) is 6.22. The zero-order valence-corrected chi connectivity index (χ0v) is 13.2. The molecule has 0 aliphatic carbocycles. The van der Waals surface area contributed by atoms with Crippen molar-refractivity contribution in [2.24, 2.45) is 0 Å². The molecule has 0 amide bonds. The molecule has 0 spiro atoms. The number of halogens is 3. The highest BCUT2D eigenvalue weighted by Gasteiger charge is 2.33. The van der Waals surface area contributed by atoms with Crippen LogP contribution in [0.15, 0.2) is 27.7 Å². The van der Waals surface area contributed by atoms with Crippen LogP contribution >= 0.6 is 0 Å². The van der Waals surface area contributed by atoms with E-state index in [0.29, 0.717) is 13.0 Å². The number of H-pyrrole nitrogens is 1. The third-order valence-corrected chi connectivity index (χ3v) is 4.99. The molecule has 3 heterocycles. The second-order valence-corrected chi connectivity index (χ2v) is 7.09. The molecule has 0 radical (unpaired) electrons. The van der Waals surface area contributed by atoms with E-state index in [1.165, 1.54) is 12.1 Å². The molecule has 7 nitrogen and oxygen atoms in total. The van der Waals surface area contributed by atoms with E-state index in [0.717, 1.165) is 19.0 Å². The van der Waals surface area contributed by atoms with Gasteiger partial charge in [0, 0.05) is 12.6 Å². The number of aromatic amines is 1. The number of hydrogen-bond donors (Lipinski definition) is 3. The molecule has 3 rings (SSSR count).